The second-order valence-electron chi connectivity index (χ2n) is 6.62. The number of nitrogens with one attached hydrogen (secondary N) is 1. The summed E-state index contributed by atoms with van der Waals surface area (Å²) in [6.07, 6.45) is 7.68. The van der Waals surface area contributed by atoms with Crippen LogP contribution in [0, 0.1) is 0 Å². The lowest BCUT2D eigenvalue weighted by Crippen LogP contribution is -2.64. The SMILES string of the molecule is CC1(C)CC(CN)(NC2CC=CC2)C(C)(C)O1. The molecule has 1 heterocycles. The molecule has 0 radical (unpaired) electrons. The van der Waals surface area contributed by atoms with E-state index < -0.39 is 0 Å². The van der Waals surface area contributed by atoms with Crippen LogP contribution in [0.2, 0.25) is 0 Å². The van der Waals surface area contributed by atoms with Gasteiger partial charge in [0.1, 0.15) is 0 Å². The molecule has 1 aliphatic carbocycles. The van der Waals surface area contributed by atoms with Gasteiger partial charge in [0.15, 0.2) is 0 Å². The molecule has 3 heteroatoms. The fourth-order valence-corrected chi connectivity index (χ4v) is 3.49. The van der Waals surface area contributed by atoms with Crippen LogP contribution in [0.3, 0.4) is 0 Å². The summed E-state index contributed by atoms with van der Waals surface area (Å²) in [5, 5.41) is 3.77. The number of rotatable bonds is 3. The Morgan fingerprint density at radius 2 is 1.82 bits per heavy atom. The number of hydrogen-bond donors (Lipinski definition) is 2. The molecule has 98 valence electrons. The average Bonchev–Trinajstić information content (AvgIpc) is 2.71. The number of hydrogen-bond acceptors (Lipinski definition) is 3. The maximum Gasteiger partial charge on any atom is 0.0828 e. The van der Waals surface area contributed by atoms with Crippen molar-refractivity contribution in [3.8, 4) is 0 Å². The van der Waals surface area contributed by atoms with E-state index in [4.69, 9.17) is 10.5 Å². The third kappa shape index (κ3) is 2.28. The van der Waals surface area contributed by atoms with Crippen molar-refractivity contribution in [2.45, 2.75) is 69.7 Å². The van der Waals surface area contributed by atoms with E-state index >= 15 is 0 Å². The molecule has 17 heavy (non-hydrogen) atoms. The van der Waals surface area contributed by atoms with Gasteiger partial charge in [-0.25, -0.2) is 0 Å². The van der Waals surface area contributed by atoms with Gasteiger partial charge in [-0.1, -0.05) is 12.2 Å². The van der Waals surface area contributed by atoms with Crippen molar-refractivity contribution >= 4 is 0 Å². The summed E-state index contributed by atoms with van der Waals surface area (Å²) in [6.45, 7) is 9.25. The van der Waals surface area contributed by atoms with Crippen LogP contribution >= 0.6 is 0 Å². The monoisotopic (exact) mass is 238 g/mol. The maximum atomic E-state index is 6.19. The summed E-state index contributed by atoms with van der Waals surface area (Å²) in [5.74, 6) is 0. The highest BCUT2D eigenvalue weighted by Gasteiger charge is 2.56. The van der Waals surface area contributed by atoms with Gasteiger partial charge < -0.3 is 15.8 Å². The lowest BCUT2D eigenvalue weighted by Gasteiger charge is -2.42. The minimum atomic E-state index is -0.214. The van der Waals surface area contributed by atoms with Gasteiger partial charge >= 0.3 is 0 Å². The zero-order chi connectivity index (χ0) is 12.7. The molecule has 2 rings (SSSR count). The smallest absolute Gasteiger partial charge is 0.0828 e. The normalized spacial score (nSPS) is 35.6. The lowest BCUT2D eigenvalue weighted by molar-refractivity contribution is -0.0831. The Balaban J connectivity index is 2.17. The van der Waals surface area contributed by atoms with Crippen LogP contribution in [0.5, 0.6) is 0 Å². The Morgan fingerprint density at radius 3 is 2.24 bits per heavy atom. The molecule has 1 saturated heterocycles. The fourth-order valence-electron chi connectivity index (χ4n) is 3.49. The van der Waals surface area contributed by atoms with E-state index in [1.54, 1.807) is 0 Å². The average molecular weight is 238 g/mol. The molecule has 0 amide bonds. The first-order valence-corrected chi connectivity index (χ1v) is 6.63. The summed E-state index contributed by atoms with van der Waals surface area (Å²) in [5.41, 5.74) is 5.67. The molecule has 0 spiro atoms. The van der Waals surface area contributed by atoms with Crippen LogP contribution in [-0.2, 0) is 4.74 Å². The minimum Gasteiger partial charge on any atom is -0.368 e. The quantitative estimate of drug-likeness (QED) is 0.739. The Bertz CT molecular complexity index is 314. The van der Waals surface area contributed by atoms with Crippen molar-refractivity contribution in [1.82, 2.24) is 5.32 Å². The summed E-state index contributed by atoms with van der Waals surface area (Å²) in [7, 11) is 0. The van der Waals surface area contributed by atoms with E-state index in [0.717, 1.165) is 19.3 Å². The molecule has 0 aromatic carbocycles. The lowest BCUT2D eigenvalue weighted by atomic mass is 9.78. The standard InChI is InChI=1S/C14H26N2O/c1-12(2)9-14(10-15,13(3,4)17-12)16-11-7-5-6-8-11/h5-6,11,16H,7-10,15H2,1-4H3. The second-order valence-corrected chi connectivity index (χ2v) is 6.62. The molecule has 0 aromatic heterocycles. The molecule has 1 unspecified atom stereocenters. The fraction of sp³-hybridized carbons (Fsp3) is 0.857. The summed E-state index contributed by atoms with van der Waals surface area (Å²) in [6, 6.07) is 0.523. The van der Waals surface area contributed by atoms with Gasteiger partial charge in [0, 0.05) is 12.6 Å². The first-order chi connectivity index (χ1) is 7.80. The Morgan fingerprint density at radius 1 is 1.24 bits per heavy atom. The predicted molar refractivity (Wildman–Crippen MR) is 70.9 cm³/mol. The van der Waals surface area contributed by atoms with Crippen LogP contribution in [0.1, 0.15) is 47.0 Å². The highest BCUT2D eigenvalue weighted by atomic mass is 16.5. The van der Waals surface area contributed by atoms with Crippen LogP contribution in [0.15, 0.2) is 12.2 Å². The van der Waals surface area contributed by atoms with E-state index in [1.165, 1.54) is 0 Å². The Kier molecular flexibility index (Phi) is 3.13. The zero-order valence-electron chi connectivity index (χ0n) is 11.5. The third-order valence-corrected chi connectivity index (χ3v) is 4.25. The van der Waals surface area contributed by atoms with Crippen LogP contribution in [0.4, 0.5) is 0 Å². The van der Waals surface area contributed by atoms with Crippen molar-refractivity contribution in [2.24, 2.45) is 5.73 Å². The summed E-state index contributed by atoms with van der Waals surface area (Å²) in [4.78, 5) is 0. The topological polar surface area (TPSA) is 47.3 Å². The Labute approximate surface area is 105 Å². The molecule has 3 N–H and O–H groups in total. The molecule has 0 bridgehead atoms. The van der Waals surface area contributed by atoms with Crippen molar-refractivity contribution < 1.29 is 4.74 Å². The van der Waals surface area contributed by atoms with Crippen molar-refractivity contribution in [3.63, 3.8) is 0 Å². The van der Waals surface area contributed by atoms with Gasteiger partial charge in [-0.3, -0.25) is 0 Å². The van der Waals surface area contributed by atoms with E-state index in [-0.39, 0.29) is 16.7 Å². The molecule has 1 atom stereocenters. The van der Waals surface area contributed by atoms with Gasteiger partial charge in [0.25, 0.3) is 0 Å². The Hall–Kier alpha value is -0.380. The van der Waals surface area contributed by atoms with Gasteiger partial charge in [0.2, 0.25) is 0 Å². The first kappa shape index (κ1) is 13.1. The predicted octanol–water partition coefficient (Wildman–Crippen LogP) is 1.97. The molecule has 1 aliphatic heterocycles. The second kappa shape index (κ2) is 4.08. The van der Waals surface area contributed by atoms with Gasteiger partial charge in [-0.2, -0.15) is 0 Å². The third-order valence-electron chi connectivity index (χ3n) is 4.25. The van der Waals surface area contributed by atoms with Gasteiger partial charge in [-0.15, -0.1) is 0 Å². The summed E-state index contributed by atoms with van der Waals surface area (Å²) < 4.78 is 6.19. The molecular formula is C14H26N2O. The van der Waals surface area contributed by atoms with Crippen molar-refractivity contribution in [1.29, 1.82) is 0 Å². The number of nitrogens with two attached hydrogens (primary N) is 1. The maximum absolute atomic E-state index is 6.19. The van der Waals surface area contributed by atoms with Crippen molar-refractivity contribution in [2.75, 3.05) is 6.54 Å². The van der Waals surface area contributed by atoms with E-state index in [2.05, 4.69) is 45.2 Å². The molecular weight excluding hydrogens is 212 g/mol. The molecule has 0 saturated carbocycles. The molecule has 0 aromatic rings. The van der Waals surface area contributed by atoms with Crippen LogP contribution in [-0.4, -0.2) is 29.3 Å². The minimum absolute atomic E-state index is 0.0953. The molecule has 1 fully saturated rings. The molecule has 3 nitrogen and oxygen atoms in total. The highest BCUT2D eigenvalue weighted by Crippen LogP contribution is 2.45. The van der Waals surface area contributed by atoms with E-state index in [1.807, 2.05) is 0 Å². The van der Waals surface area contributed by atoms with Crippen molar-refractivity contribution in [3.05, 3.63) is 12.2 Å². The number of ether oxygens (including phenoxy) is 1. The van der Waals surface area contributed by atoms with E-state index in [0.29, 0.717) is 12.6 Å². The van der Waals surface area contributed by atoms with Gasteiger partial charge in [-0.05, 0) is 47.0 Å². The summed E-state index contributed by atoms with van der Waals surface area (Å²) >= 11 is 0. The largest absolute Gasteiger partial charge is 0.368 e. The van der Waals surface area contributed by atoms with Crippen LogP contribution in [0.25, 0.3) is 0 Å². The zero-order valence-corrected chi connectivity index (χ0v) is 11.5. The van der Waals surface area contributed by atoms with Gasteiger partial charge in [0.05, 0.1) is 16.7 Å². The first-order valence-electron chi connectivity index (χ1n) is 6.63. The highest BCUT2D eigenvalue weighted by molar-refractivity contribution is 5.14. The van der Waals surface area contributed by atoms with E-state index in [9.17, 15) is 0 Å². The van der Waals surface area contributed by atoms with Crippen LogP contribution < -0.4 is 11.1 Å². The molecule has 2 aliphatic rings.